The minimum absolute atomic E-state index is 0.241. The van der Waals surface area contributed by atoms with E-state index in [1.54, 1.807) is 11.4 Å². The Morgan fingerprint density at radius 2 is 2.04 bits per heavy atom. The number of hydrogen-bond acceptors (Lipinski definition) is 3. The molecule has 1 unspecified atom stereocenters. The zero-order valence-corrected chi connectivity index (χ0v) is 17.8. The van der Waals surface area contributed by atoms with Crippen LogP contribution in [0.3, 0.4) is 0 Å². The summed E-state index contributed by atoms with van der Waals surface area (Å²) in [5, 5.41) is 6.85. The van der Waals surface area contributed by atoms with Crippen molar-refractivity contribution >= 4 is 16.0 Å². The van der Waals surface area contributed by atoms with Crippen molar-refractivity contribution in [2.24, 2.45) is 4.99 Å². The van der Waals surface area contributed by atoms with Gasteiger partial charge < -0.3 is 10.6 Å². The monoisotopic (exact) mass is 394 g/mol. The molecule has 1 heterocycles. The van der Waals surface area contributed by atoms with Crippen LogP contribution in [-0.4, -0.2) is 57.2 Å². The van der Waals surface area contributed by atoms with Crippen LogP contribution < -0.4 is 10.6 Å². The van der Waals surface area contributed by atoms with Crippen molar-refractivity contribution in [3.8, 4) is 0 Å². The smallest absolute Gasteiger partial charge is 0.214 e. The molecule has 2 N–H and O–H groups in total. The van der Waals surface area contributed by atoms with Gasteiger partial charge in [0.25, 0.3) is 0 Å². The fraction of sp³-hybridized carbons (Fsp3) is 0.650. The van der Waals surface area contributed by atoms with Gasteiger partial charge in [-0.25, -0.2) is 12.7 Å². The molecular weight excluding hydrogens is 360 g/mol. The van der Waals surface area contributed by atoms with Gasteiger partial charge in [-0.1, -0.05) is 43.7 Å². The summed E-state index contributed by atoms with van der Waals surface area (Å²) in [6.07, 6.45) is 2.27. The number of aliphatic imine (C=N–C) groups is 1. The molecule has 0 radical (unpaired) electrons. The Labute approximate surface area is 164 Å². The van der Waals surface area contributed by atoms with Crippen molar-refractivity contribution in [3.05, 3.63) is 35.4 Å². The van der Waals surface area contributed by atoms with Crippen molar-refractivity contribution in [2.45, 2.75) is 52.0 Å². The highest BCUT2D eigenvalue weighted by atomic mass is 32.2. The lowest BCUT2D eigenvalue weighted by molar-refractivity contribution is 0.306. The minimum atomic E-state index is -3.09. The molecule has 1 aliphatic heterocycles. The Kier molecular flexibility index (Phi) is 8.10. The zero-order valence-electron chi connectivity index (χ0n) is 17.0. The third-order valence-corrected chi connectivity index (χ3v) is 7.14. The van der Waals surface area contributed by atoms with Crippen molar-refractivity contribution in [2.75, 3.05) is 32.4 Å². The molecule has 0 bridgehead atoms. The average molecular weight is 395 g/mol. The first-order chi connectivity index (χ1) is 12.9. The van der Waals surface area contributed by atoms with E-state index in [1.165, 1.54) is 11.1 Å². The maximum Gasteiger partial charge on any atom is 0.214 e. The van der Waals surface area contributed by atoms with Gasteiger partial charge in [0, 0.05) is 32.7 Å². The number of guanidine groups is 1. The van der Waals surface area contributed by atoms with E-state index in [-0.39, 0.29) is 11.8 Å². The molecule has 0 amide bonds. The Morgan fingerprint density at radius 1 is 1.33 bits per heavy atom. The highest BCUT2D eigenvalue weighted by Crippen LogP contribution is 2.16. The van der Waals surface area contributed by atoms with Crippen LogP contribution in [0.25, 0.3) is 0 Å². The number of benzene rings is 1. The molecule has 7 heteroatoms. The van der Waals surface area contributed by atoms with Crippen LogP contribution in [0.4, 0.5) is 0 Å². The number of piperidine rings is 1. The molecule has 0 aliphatic carbocycles. The van der Waals surface area contributed by atoms with Gasteiger partial charge in [0.2, 0.25) is 10.0 Å². The van der Waals surface area contributed by atoms with Crippen LogP contribution in [0.2, 0.25) is 0 Å². The van der Waals surface area contributed by atoms with E-state index in [2.05, 4.69) is 53.7 Å². The topological polar surface area (TPSA) is 73.8 Å². The first kappa shape index (κ1) is 21.7. The molecule has 152 valence electrons. The second kappa shape index (κ2) is 10.1. The Hall–Kier alpha value is -1.60. The summed E-state index contributed by atoms with van der Waals surface area (Å²) in [6, 6.07) is 8.82. The van der Waals surface area contributed by atoms with Crippen LogP contribution in [0.5, 0.6) is 0 Å². The zero-order chi connectivity index (χ0) is 19.9. The minimum Gasteiger partial charge on any atom is -0.356 e. The SMILES string of the molecule is CCCS(=O)(=O)N1CCC(NC(=NC)NCC(C)c2cccc(C)c2)CC1. The van der Waals surface area contributed by atoms with Gasteiger partial charge >= 0.3 is 0 Å². The average Bonchev–Trinajstić information content (AvgIpc) is 2.65. The largest absolute Gasteiger partial charge is 0.356 e. The van der Waals surface area contributed by atoms with Gasteiger partial charge in [0.15, 0.2) is 5.96 Å². The highest BCUT2D eigenvalue weighted by molar-refractivity contribution is 7.89. The molecule has 6 nitrogen and oxygen atoms in total. The van der Waals surface area contributed by atoms with Gasteiger partial charge in [-0.2, -0.15) is 0 Å². The number of hydrogen-bond donors (Lipinski definition) is 2. The molecule has 1 aliphatic rings. The molecule has 0 saturated carbocycles. The number of aryl methyl sites for hydroxylation is 1. The van der Waals surface area contributed by atoms with E-state index < -0.39 is 10.0 Å². The first-order valence-corrected chi connectivity index (χ1v) is 11.5. The predicted octanol–water partition coefficient (Wildman–Crippen LogP) is 2.47. The Balaban J connectivity index is 1.81. The quantitative estimate of drug-likeness (QED) is 0.550. The molecule has 1 aromatic rings. The molecule has 27 heavy (non-hydrogen) atoms. The van der Waals surface area contributed by atoms with Crippen LogP contribution in [0.1, 0.15) is 50.2 Å². The van der Waals surface area contributed by atoms with Crippen LogP contribution in [0.15, 0.2) is 29.3 Å². The van der Waals surface area contributed by atoms with Gasteiger partial charge in [-0.3, -0.25) is 4.99 Å². The van der Waals surface area contributed by atoms with Crippen LogP contribution in [0, 0.1) is 6.92 Å². The molecule has 1 fully saturated rings. The lowest BCUT2D eigenvalue weighted by atomic mass is 9.99. The van der Waals surface area contributed by atoms with E-state index in [1.807, 2.05) is 6.92 Å². The summed E-state index contributed by atoms with van der Waals surface area (Å²) in [5.41, 5.74) is 2.58. The fourth-order valence-corrected chi connectivity index (χ4v) is 4.94. The van der Waals surface area contributed by atoms with Crippen molar-refractivity contribution < 1.29 is 8.42 Å². The van der Waals surface area contributed by atoms with E-state index in [9.17, 15) is 8.42 Å². The van der Waals surface area contributed by atoms with Crippen molar-refractivity contribution in [3.63, 3.8) is 0 Å². The van der Waals surface area contributed by atoms with Crippen molar-refractivity contribution in [1.82, 2.24) is 14.9 Å². The second-order valence-corrected chi connectivity index (χ2v) is 9.49. The van der Waals surface area contributed by atoms with Crippen LogP contribution >= 0.6 is 0 Å². The molecule has 1 atom stereocenters. The summed E-state index contributed by atoms with van der Waals surface area (Å²) < 4.78 is 26.0. The summed E-state index contributed by atoms with van der Waals surface area (Å²) in [5.74, 6) is 1.40. The summed E-state index contributed by atoms with van der Waals surface area (Å²) in [6.45, 7) is 8.17. The first-order valence-electron chi connectivity index (χ1n) is 9.87. The van der Waals surface area contributed by atoms with Gasteiger partial charge in [-0.15, -0.1) is 0 Å². The summed E-state index contributed by atoms with van der Waals surface area (Å²) in [4.78, 5) is 4.33. The Morgan fingerprint density at radius 3 is 2.63 bits per heavy atom. The standard InChI is InChI=1S/C20H34N4O2S/c1-5-13-27(25,26)24-11-9-19(10-12-24)23-20(21-4)22-15-17(3)18-8-6-7-16(2)14-18/h6-8,14,17,19H,5,9-13,15H2,1-4H3,(H2,21,22,23). The molecule has 1 saturated heterocycles. The molecule has 1 aromatic carbocycles. The second-order valence-electron chi connectivity index (χ2n) is 7.40. The molecular formula is C20H34N4O2S. The maximum atomic E-state index is 12.2. The van der Waals surface area contributed by atoms with E-state index in [0.29, 0.717) is 25.4 Å². The number of rotatable bonds is 7. The maximum absolute atomic E-state index is 12.2. The third-order valence-electron chi connectivity index (χ3n) is 5.06. The lowest BCUT2D eigenvalue weighted by Crippen LogP contribution is -2.50. The number of nitrogens with zero attached hydrogens (tertiary/aromatic N) is 2. The number of nitrogens with one attached hydrogen (secondary N) is 2. The van der Waals surface area contributed by atoms with Gasteiger partial charge in [-0.05, 0) is 37.7 Å². The normalized spacial score (nSPS) is 18.3. The molecule has 0 aromatic heterocycles. The molecule has 0 spiro atoms. The molecule has 2 rings (SSSR count). The highest BCUT2D eigenvalue weighted by Gasteiger charge is 2.27. The summed E-state index contributed by atoms with van der Waals surface area (Å²) in [7, 11) is -1.32. The van der Waals surface area contributed by atoms with Crippen molar-refractivity contribution in [1.29, 1.82) is 0 Å². The van der Waals surface area contributed by atoms with E-state index >= 15 is 0 Å². The lowest BCUT2D eigenvalue weighted by Gasteiger charge is -2.32. The third kappa shape index (κ3) is 6.50. The van der Waals surface area contributed by atoms with Gasteiger partial charge in [0.05, 0.1) is 5.75 Å². The Bertz CT molecular complexity index is 725. The van der Waals surface area contributed by atoms with E-state index in [0.717, 1.165) is 25.3 Å². The fourth-order valence-electron chi connectivity index (χ4n) is 3.40. The van der Waals surface area contributed by atoms with Crippen LogP contribution in [-0.2, 0) is 10.0 Å². The van der Waals surface area contributed by atoms with E-state index in [4.69, 9.17) is 0 Å². The number of sulfonamides is 1. The van der Waals surface area contributed by atoms with Gasteiger partial charge in [0.1, 0.15) is 0 Å². The predicted molar refractivity (Wildman–Crippen MR) is 113 cm³/mol. The summed E-state index contributed by atoms with van der Waals surface area (Å²) >= 11 is 0.